The molecule has 1 aromatic carbocycles. The lowest BCUT2D eigenvalue weighted by molar-refractivity contribution is 1.16. The molecule has 0 N–H and O–H groups in total. The molecule has 0 saturated carbocycles. The molecular formula is C12H11N2. The van der Waals surface area contributed by atoms with Gasteiger partial charge in [-0.3, -0.25) is 4.98 Å². The van der Waals surface area contributed by atoms with Crippen LogP contribution < -0.4 is 6.15 Å². The van der Waals surface area contributed by atoms with Gasteiger partial charge in [0.2, 0.25) is 0 Å². The van der Waals surface area contributed by atoms with Crippen molar-refractivity contribution in [3.8, 4) is 0 Å². The maximum atomic E-state index is 3.99. The van der Waals surface area contributed by atoms with Crippen molar-refractivity contribution in [1.29, 1.82) is 0 Å². The van der Waals surface area contributed by atoms with Crippen LogP contribution in [0.3, 0.4) is 0 Å². The lowest BCUT2D eigenvalue weighted by Gasteiger charge is -1.99. The predicted molar refractivity (Wildman–Crippen MR) is 55.6 cm³/mol. The van der Waals surface area contributed by atoms with Gasteiger partial charge in [0.15, 0.2) is 0 Å². The molecule has 0 amide bonds. The molecule has 14 heavy (non-hydrogen) atoms. The first-order chi connectivity index (χ1) is 6.45. The van der Waals surface area contributed by atoms with Crippen LogP contribution in [0, 0.1) is 0 Å². The Morgan fingerprint density at radius 3 is 2.00 bits per heavy atom. The highest BCUT2D eigenvalue weighted by molar-refractivity contribution is 5.23. The van der Waals surface area contributed by atoms with Gasteiger partial charge < -0.3 is 0 Å². The minimum Gasteiger partial charge on any atom is -0.265 e. The average molecular weight is 183 g/mol. The van der Waals surface area contributed by atoms with Gasteiger partial charge in [0.05, 0.1) is 0 Å². The summed E-state index contributed by atoms with van der Waals surface area (Å²) < 4.78 is 0. The first kappa shape index (κ1) is 10.4. The highest BCUT2D eigenvalue weighted by atomic mass is 14.6. The van der Waals surface area contributed by atoms with Gasteiger partial charge in [0.1, 0.15) is 0 Å². The molecule has 3 radical (unpaired) electrons. The fourth-order valence-corrected chi connectivity index (χ4v) is 1.33. The Bertz CT molecular complexity index is 319. The summed E-state index contributed by atoms with van der Waals surface area (Å²) in [5.41, 5.74) is 2.65. The zero-order valence-electron chi connectivity index (χ0n) is 7.80. The summed E-state index contributed by atoms with van der Waals surface area (Å²) in [5.74, 6) is 0. The number of pyridine rings is 1. The number of hydrogen-bond acceptors (Lipinski definition) is 1. The van der Waals surface area contributed by atoms with Gasteiger partial charge >= 0.3 is 0 Å². The summed E-state index contributed by atoms with van der Waals surface area (Å²) in [4.78, 5) is 3.99. The van der Waals surface area contributed by atoms with Crippen molar-refractivity contribution < 1.29 is 0 Å². The molecule has 0 unspecified atom stereocenters. The lowest BCUT2D eigenvalue weighted by Crippen LogP contribution is -1.86. The van der Waals surface area contributed by atoms with Gasteiger partial charge in [-0.15, -0.1) is 0 Å². The van der Waals surface area contributed by atoms with Crippen molar-refractivity contribution in [2.45, 2.75) is 6.42 Å². The minimum atomic E-state index is 0. The van der Waals surface area contributed by atoms with E-state index >= 15 is 0 Å². The topological polar surface area (TPSA) is 43.4 Å². The number of hydrogen-bond donors (Lipinski definition) is 0. The molecule has 2 aromatic rings. The van der Waals surface area contributed by atoms with E-state index in [4.69, 9.17) is 0 Å². The number of benzene rings is 1. The standard InChI is InChI=1S/C12H11N.N/c1-2-4-11(5-3-1)10-12-6-8-13-9-7-12;/h1-9H,10H2;. The maximum absolute atomic E-state index is 3.99. The summed E-state index contributed by atoms with van der Waals surface area (Å²) in [5, 5.41) is 0. The van der Waals surface area contributed by atoms with Crippen molar-refractivity contribution in [3.63, 3.8) is 0 Å². The zero-order valence-corrected chi connectivity index (χ0v) is 7.80. The first-order valence-electron chi connectivity index (χ1n) is 4.38. The van der Waals surface area contributed by atoms with Crippen LogP contribution in [0.15, 0.2) is 54.9 Å². The molecule has 0 atom stereocenters. The van der Waals surface area contributed by atoms with E-state index in [0.29, 0.717) is 0 Å². The van der Waals surface area contributed by atoms with Gasteiger partial charge in [0, 0.05) is 18.5 Å². The SMILES string of the molecule is [N].c1ccc(Cc2ccncc2)cc1. The van der Waals surface area contributed by atoms with Crippen molar-refractivity contribution >= 4 is 0 Å². The van der Waals surface area contributed by atoms with E-state index in [1.165, 1.54) is 11.1 Å². The largest absolute Gasteiger partial charge is 0.265 e. The summed E-state index contributed by atoms with van der Waals surface area (Å²) in [6.45, 7) is 0. The fourth-order valence-electron chi connectivity index (χ4n) is 1.33. The molecule has 1 aromatic heterocycles. The van der Waals surface area contributed by atoms with Crippen LogP contribution in [0.4, 0.5) is 0 Å². The second-order valence-corrected chi connectivity index (χ2v) is 3.02. The Kier molecular flexibility index (Phi) is 3.83. The Morgan fingerprint density at radius 1 is 0.786 bits per heavy atom. The Hall–Kier alpha value is -1.67. The summed E-state index contributed by atoms with van der Waals surface area (Å²) >= 11 is 0. The number of aromatic nitrogens is 1. The smallest absolute Gasteiger partial charge is 0.0270 e. The molecule has 0 bridgehead atoms. The molecule has 2 heteroatoms. The van der Waals surface area contributed by atoms with Crippen molar-refractivity contribution in [3.05, 3.63) is 66.0 Å². The van der Waals surface area contributed by atoms with E-state index in [9.17, 15) is 0 Å². The Balaban J connectivity index is 0.000000980. The van der Waals surface area contributed by atoms with E-state index in [1.807, 2.05) is 30.6 Å². The molecule has 0 aliphatic heterocycles. The van der Waals surface area contributed by atoms with E-state index < -0.39 is 0 Å². The van der Waals surface area contributed by atoms with Gasteiger partial charge in [0.25, 0.3) is 0 Å². The molecule has 1 heterocycles. The Morgan fingerprint density at radius 2 is 1.36 bits per heavy atom. The van der Waals surface area contributed by atoms with Gasteiger partial charge in [-0.25, -0.2) is 0 Å². The van der Waals surface area contributed by atoms with Crippen LogP contribution in [0.25, 0.3) is 0 Å². The molecule has 0 aliphatic carbocycles. The average Bonchev–Trinajstić information content (AvgIpc) is 2.21. The number of nitrogens with zero attached hydrogens (tertiary/aromatic N) is 2. The van der Waals surface area contributed by atoms with Gasteiger partial charge in [-0.05, 0) is 29.7 Å². The van der Waals surface area contributed by atoms with Crippen molar-refractivity contribution in [2.24, 2.45) is 0 Å². The van der Waals surface area contributed by atoms with Crippen molar-refractivity contribution in [1.82, 2.24) is 11.1 Å². The molecule has 0 spiro atoms. The summed E-state index contributed by atoms with van der Waals surface area (Å²) in [7, 11) is 0. The number of rotatable bonds is 2. The van der Waals surface area contributed by atoms with Crippen LogP contribution in [0.2, 0.25) is 0 Å². The molecular weight excluding hydrogens is 172 g/mol. The second kappa shape index (κ2) is 5.14. The van der Waals surface area contributed by atoms with Crippen LogP contribution in [-0.2, 0) is 6.42 Å². The van der Waals surface area contributed by atoms with Crippen LogP contribution in [0.5, 0.6) is 0 Å². The van der Waals surface area contributed by atoms with Crippen molar-refractivity contribution in [2.75, 3.05) is 0 Å². The molecule has 0 fully saturated rings. The predicted octanol–water partition coefficient (Wildman–Crippen LogP) is 2.19. The monoisotopic (exact) mass is 183 g/mol. The van der Waals surface area contributed by atoms with E-state index in [-0.39, 0.29) is 6.15 Å². The minimum absolute atomic E-state index is 0. The third-order valence-electron chi connectivity index (χ3n) is 2.00. The van der Waals surface area contributed by atoms with Crippen LogP contribution in [-0.4, -0.2) is 4.98 Å². The molecule has 2 rings (SSSR count). The summed E-state index contributed by atoms with van der Waals surface area (Å²) in [6, 6.07) is 14.5. The third-order valence-corrected chi connectivity index (χ3v) is 2.00. The third kappa shape index (κ3) is 2.68. The van der Waals surface area contributed by atoms with E-state index in [0.717, 1.165) is 6.42 Å². The zero-order chi connectivity index (χ0) is 8.93. The van der Waals surface area contributed by atoms with Gasteiger partial charge in [-0.1, -0.05) is 30.3 Å². The molecule has 0 saturated heterocycles. The lowest BCUT2D eigenvalue weighted by atomic mass is 10.1. The summed E-state index contributed by atoms with van der Waals surface area (Å²) in [6.07, 6.45) is 4.65. The maximum Gasteiger partial charge on any atom is 0.0270 e. The molecule has 0 aliphatic rings. The quantitative estimate of drug-likeness (QED) is 0.703. The Labute approximate surface area is 84.2 Å². The normalized spacial score (nSPS) is 9.14. The van der Waals surface area contributed by atoms with Crippen LogP contribution >= 0.6 is 0 Å². The highest BCUT2D eigenvalue weighted by Gasteiger charge is 1.93. The van der Waals surface area contributed by atoms with Crippen LogP contribution in [0.1, 0.15) is 11.1 Å². The molecule has 69 valence electrons. The highest BCUT2D eigenvalue weighted by Crippen LogP contribution is 2.06. The van der Waals surface area contributed by atoms with E-state index in [2.05, 4.69) is 29.2 Å². The first-order valence-corrected chi connectivity index (χ1v) is 4.38. The molecule has 2 nitrogen and oxygen atoms in total. The van der Waals surface area contributed by atoms with Gasteiger partial charge in [-0.2, -0.15) is 0 Å². The second-order valence-electron chi connectivity index (χ2n) is 3.02. The fraction of sp³-hybridized carbons (Fsp3) is 0.0833. The van der Waals surface area contributed by atoms with E-state index in [1.54, 1.807) is 0 Å².